The minimum absolute atomic E-state index is 0.242. The SMILES string of the molecule is O=c1c2c3c(sc2n(Cc2ccc(Cl)cc2)c(=O)n1-c1ccc(Cl)cc1)CCCCC3. The van der Waals surface area contributed by atoms with Crippen LogP contribution in [0.4, 0.5) is 0 Å². The van der Waals surface area contributed by atoms with Gasteiger partial charge in [0.2, 0.25) is 0 Å². The van der Waals surface area contributed by atoms with Crippen molar-refractivity contribution in [2.24, 2.45) is 0 Å². The molecule has 5 rings (SSSR count). The predicted octanol–water partition coefficient (Wildman–Crippen LogP) is 5.84. The van der Waals surface area contributed by atoms with Crippen molar-refractivity contribution in [1.29, 1.82) is 0 Å². The lowest BCUT2D eigenvalue weighted by Gasteiger charge is -2.13. The molecule has 0 aliphatic heterocycles. The fraction of sp³-hybridized carbons (Fsp3) is 0.250. The molecule has 2 heterocycles. The highest BCUT2D eigenvalue weighted by Gasteiger charge is 2.23. The second kappa shape index (κ2) is 8.30. The van der Waals surface area contributed by atoms with E-state index in [-0.39, 0.29) is 11.2 Å². The van der Waals surface area contributed by atoms with Crippen LogP contribution in [0.15, 0.2) is 58.1 Å². The van der Waals surface area contributed by atoms with Crippen molar-refractivity contribution in [3.63, 3.8) is 0 Å². The molecule has 0 N–H and O–H groups in total. The fourth-order valence-corrected chi connectivity index (χ4v) is 5.90. The quantitative estimate of drug-likeness (QED) is 0.353. The van der Waals surface area contributed by atoms with Gasteiger partial charge in [0.25, 0.3) is 5.56 Å². The molecule has 4 nitrogen and oxygen atoms in total. The van der Waals surface area contributed by atoms with Gasteiger partial charge in [-0.15, -0.1) is 11.3 Å². The third kappa shape index (κ3) is 3.75. The van der Waals surface area contributed by atoms with Crippen molar-refractivity contribution in [3.8, 4) is 5.69 Å². The number of aromatic nitrogens is 2. The van der Waals surface area contributed by atoms with E-state index in [0.717, 1.165) is 41.6 Å². The molecule has 1 aliphatic carbocycles. The standard InChI is InChI=1S/C24H20Cl2N2O2S/c25-16-8-6-15(7-9-16)14-27-23-21(19-4-2-1-3-5-20(19)31-23)22(29)28(24(27)30)18-12-10-17(26)11-13-18/h6-13H,1-5,14H2. The highest BCUT2D eigenvalue weighted by molar-refractivity contribution is 7.18. The summed E-state index contributed by atoms with van der Waals surface area (Å²) in [4.78, 5) is 29.3. The topological polar surface area (TPSA) is 44.0 Å². The summed E-state index contributed by atoms with van der Waals surface area (Å²) in [6, 6.07) is 14.3. The van der Waals surface area contributed by atoms with Crippen LogP contribution in [0.1, 0.15) is 35.3 Å². The van der Waals surface area contributed by atoms with Crippen molar-refractivity contribution in [1.82, 2.24) is 9.13 Å². The highest BCUT2D eigenvalue weighted by Crippen LogP contribution is 2.34. The van der Waals surface area contributed by atoms with Crippen LogP contribution in [0.5, 0.6) is 0 Å². The normalized spacial score (nSPS) is 13.9. The molecule has 0 fully saturated rings. The molecule has 7 heteroatoms. The Morgan fingerprint density at radius 2 is 1.48 bits per heavy atom. The zero-order valence-electron chi connectivity index (χ0n) is 16.7. The van der Waals surface area contributed by atoms with Gasteiger partial charge in [-0.2, -0.15) is 0 Å². The van der Waals surface area contributed by atoms with Crippen LogP contribution in [0, 0.1) is 0 Å². The smallest absolute Gasteiger partial charge is 0.280 e. The third-order valence-corrected chi connectivity index (χ3v) is 7.64. The maximum absolute atomic E-state index is 13.6. The van der Waals surface area contributed by atoms with Gasteiger partial charge in [0.15, 0.2) is 0 Å². The van der Waals surface area contributed by atoms with Gasteiger partial charge in [-0.3, -0.25) is 9.36 Å². The van der Waals surface area contributed by atoms with Crippen molar-refractivity contribution >= 4 is 44.8 Å². The van der Waals surface area contributed by atoms with Gasteiger partial charge >= 0.3 is 5.69 Å². The summed E-state index contributed by atoms with van der Waals surface area (Å²) in [7, 11) is 0. The number of rotatable bonds is 3. The predicted molar refractivity (Wildman–Crippen MR) is 129 cm³/mol. The largest absolute Gasteiger partial charge is 0.337 e. The van der Waals surface area contributed by atoms with Crippen LogP contribution in [0.2, 0.25) is 10.0 Å². The molecule has 0 spiro atoms. The van der Waals surface area contributed by atoms with Gasteiger partial charge in [-0.05, 0) is 73.2 Å². The van der Waals surface area contributed by atoms with Crippen LogP contribution in [-0.2, 0) is 19.4 Å². The number of aryl methyl sites for hydroxylation is 2. The Bertz CT molecular complexity index is 1380. The number of nitrogens with zero attached hydrogens (tertiary/aromatic N) is 2. The van der Waals surface area contributed by atoms with Crippen LogP contribution in [-0.4, -0.2) is 9.13 Å². The lowest BCUT2D eigenvalue weighted by molar-refractivity contribution is 0.708. The maximum Gasteiger partial charge on any atom is 0.337 e. The lowest BCUT2D eigenvalue weighted by Crippen LogP contribution is -2.39. The van der Waals surface area contributed by atoms with E-state index < -0.39 is 0 Å². The first kappa shape index (κ1) is 20.6. The molecule has 0 unspecified atom stereocenters. The molecule has 0 radical (unpaired) electrons. The molecule has 0 saturated heterocycles. The first-order valence-corrected chi connectivity index (χ1v) is 11.9. The van der Waals surface area contributed by atoms with E-state index in [2.05, 4.69) is 0 Å². The van der Waals surface area contributed by atoms with Crippen LogP contribution >= 0.6 is 34.5 Å². The summed E-state index contributed by atoms with van der Waals surface area (Å²) >= 11 is 13.7. The molecule has 158 valence electrons. The van der Waals surface area contributed by atoms with Gasteiger partial charge in [-0.25, -0.2) is 9.36 Å². The minimum Gasteiger partial charge on any atom is -0.280 e. The molecule has 0 atom stereocenters. The summed E-state index contributed by atoms with van der Waals surface area (Å²) in [6.07, 6.45) is 5.19. The number of hydrogen-bond donors (Lipinski definition) is 0. The molecule has 0 bridgehead atoms. The number of benzene rings is 2. The summed E-state index contributed by atoms with van der Waals surface area (Å²) in [6.45, 7) is 0.375. The Hall–Kier alpha value is -2.34. The van der Waals surface area contributed by atoms with Crippen LogP contribution in [0.3, 0.4) is 0 Å². The van der Waals surface area contributed by atoms with Gasteiger partial charge < -0.3 is 0 Å². The number of thiophene rings is 1. The fourth-order valence-electron chi connectivity index (χ4n) is 4.27. The lowest BCUT2D eigenvalue weighted by atomic mass is 10.1. The Labute approximate surface area is 193 Å². The Kier molecular flexibility index (Phi) is 5.51. The summed E-state index contributed by atoms with van der Waals surface area (Å²) in [5.74, 6) is 0. The minimum atomic E-state index is -0.341. The van der Waals surface area contributed by atoms with Crippen molar-refractivity contribution in [2.45, 2.75) is 38.6 Å². The van der Waals surface area contributed by atoms with E-state index in [1.54, 1.807) is 40.2 Å². The van der Waals surface area contributed by atoms with E-state index in [0.29, 0.717) is 27.7 Å². The van der Waals surface area contributed by atoms with E-state index in [4.69, 9.17) is 23.2 Å². The van der Waals surface area contributed by atoms with E-state index in [1.807, 2.05) is 24.3 Å². The molecular formula is C24H20Cl2N2O2S. The highest BCUT2D eigenvalue weighted by atomic mass is 35.5. The van der Waals surface area contributed by atoms with Crippen LogP contribution in [0.25, 0.3) is 15.9 Å². The zero-order chi connectivity index (χ0) is 21.5. The Morgan fingerprint density at radius 3 is 2.19 bits per heavy atom. The maximum atomic E-state index is 13.6. The van der Waals surface area contributed by atoms with Gasteiger partial charge in [-0.1, -0.05) is 41.8 Å². The monoisotopic (exact) mass is 470 g/mol. The average molecular weight is 471 g/mol. The van der Waals surface area contributed by atoms with Crippen molar-refractivity contribution < 1.29 is 0 Å². The van der Waals surface area contributed by atoms with Gasteiger partial charge in [0, 0.05) is 14.9 Å². The first-order valence-electron chi connectivity index (χ1n) is 10.3. The van der Waals surface area contributed by atoms with E-state index in [1.165, 1.54) is 15.9 Å². The average Bonchev–Trinajstić information content (AvgIpc) is 2.96. The first-order chi connectivity index (χ1) is 15.0. The second-order valence-electron chi connectivity index (χ2n) is 7.86. The molecule has 4 aromatic rings. The Balaban J connectivity index is 1.81. The summed E-state index contributed by atoms with van der Waals surface area (Å²) in [5.41, 5.74) is 2.02. The zero-order valence-corrected chi connectivity index (χ0v) is 19.1. The number of fused-ring (bicyclic) bond motifs is 3. The summed E-state index contributed by atoms with van der Waals surface area (Å²) in [5, 5.41) is 1.89. The van der Waals surface area contributed by atoms with Gasteiger partial charge in [0.05, 0.1) is 17.6 Å². The summed E-state index contributed by atoms with van der Waals surface area (Å²) < 4.78 is 3.01. The number of halogens is 2. The molecule has 0 saturated carbocycles. The van der Waals surface area contributed by atoms with Crippen molar-refractivity contribution in [3.05, 3.63) is 95.4 Å². The van der Waals surface area contributed by atoms with Gasteiger partial charge in [0.1, 0.15) is 4.83 Å². The number of hydrogen-bond acceptors (Lipinski definition) is 3. The molecular weight excluding hydrogens is 451 g/mol. The third-order valence-electron chi connectivity index (χ3n) is 5.83. The molecule has 2 aromatic heterocycles. The van der Waals surface area contributed by atoms with E-state index >= 15 is 0 Å². The van der Waals surface area contributed by atoms with E-state index in [9.17, 15) is 9.59 Å². The second-order valence-corrected chi connectivity index (χ2v) is 9.81. The Morgan fingerprint density at radius 1 is 0.839 bits per heavy atom. The molecule has 31 heavy (non-hydrogen) atoms. The molecule has 2 aromatic carbocycles. The molecule has 1 aliphatic rings. The van der Waals surface area contributed by atoms with Crippen molar-refractivity contribution in [2.75, 3.05) is 0 Å². The van der Waals surface area contributed by atoms with Crippen LogP contribution < -0.4 is 11.2 Å². The molecule has 0 amide bonds.